The Balaban J connectivity index is 1.90. The number of halogens is 2. The Morgan fingerprint density at radius 2 is 1.53 bits per heavy atom. The number of aliphatic hydroxyl groups excluding tert-OH is 1. The summed E-state index contributed by atoms with van der Waals surface area (Å²) in [6.07, 6.45) is 1.90. The molecule has 2 rings (SSSR count). The van der Waals surface area contributed by atoms with Crippen LogP contribution in [0.4, 0.5) is 0 Å². The zero-order valence-electron chi connectivity index (χ0n) is 10.5. The summed E-state index contributed by atoms with van der Waals surface area (Å²) in [7, 11) is 0. The lowest BCUT2D eigenvalue weighted by atomic mass is 10.0. The Labute approximate surface area is 123 Å². The molecule has 2 aromatic carbocycles. The van der Waals surface area contributed by atoms with Crippen LogP contribution < -0.4 is 0 Å². The number of benzene rings is 2. The molecule has 0 heterocycles. The Hall–Kier alpha value is -1.02. The van der Waals surface area contributed by atoms with Gasteiger partial charge in [-0.2, -0.15) is 0 Å². The topological polar surface area (TPSA) is 20.2 Å². The van der Waals surface area contributed by atoms with Crippen molar-refractivity contribution in [1.82, 2.24) is 0 Å². The first-order valence-electron chi connectivity index (χ1n) is 6.34. The fourth-order valence-electron chi connectivity index (χ4n) is 2.09. The van der Waals surface area contributed by atoms with Gasteiger partial charge in [0.2, 0.25) is 0 Å². The Morgan fingerprint density at radius 1 is 0.895 bits per heavy atom. The fraction of sp³-hybridized carbons (Fsp3) is 0.250. The predicted molar refractivity (Wildman–Crippen MR) is 80.8 cm³/mol. The molecule has 19 heavy (non-hydrogen) atoms. The molecule has 0 aromatic heterocycles. The largest absolute Gasteiger partial charge is 0.388 e. The normalized spacial score (nSPS) is 12.4. The summed E-state index contributed by atoms with van der Waals surface area (Å²) in [5, 5.41) is 11.5. The van der Waals surface area contributed by atoms with Gasteiger partial charge in [-0.05, 0) is 42.5 Å². The second-order valence-electron chi connectivity index (χ2n) is 4.52. The molecular formula is C16H16Cl2O. The first-order valence-corrected chi connectivity index (χ1v) is 7.10. The van der Waals surface area contributed by atoms with Crippen molar-refractivity contribution >= 4 is 23.2 Å². The van der Waals surface area contributed by atoms with Gasteiger partial charge < -0.3 is 5.11 Å². The van der Waals surface area contributed by atoms with E-state index in [0.29, 0.717) is 16.5 Å². The van der Waals surface area contributed by atoms with E-state index in [0.717, 1.165) is 24.0 Å². The highest BCUT2D eigenvalue weighted by Crippen LogP contribution is 2.27. The molecule has 2 aromatic rings. The molecule has 0 saturated carbocycles. The van der Waals surface area contributed by atoms with Crippen molar-refractivity contribution in [2.45, 2.75) is 25.4 Å². The lowest BCUT2D eigenvalue weighted by Gasteiger charge is -2.11. The lowest BCUT2D eigenvalue weighted by Crippen LogP contribution is -1.98. The van der Waals surface area contributed by atoms with Crippen LogP contribution in [-0.2, 0) is 6.42 Å². The summed E-state index contributed by atoms with van der Waals surface area (Å²) in [6.45, 7) is 0. The van der Waals surface area contributed by atoms with Crippen LogP contribution in [0.2, 0.25) is 10.0 Å². The van der Waals surface area contributed by atoms with E-state index in [1.165, 1.54) is 0 Å². The first-order chi connectivity index (χ1) is 9.18. The van der Waals surface area contributed by atoms with E-state index in [1.54, 1.807) is 0 Å². The predicted octanol–water partition coefficient (Wildman–Crippen LogP) is 5.05. The maximum absolute atomic E-state index is 10.1. The van der Waals surface area contributed by atoms with E-state index in [2.05, 4.69) is 0 Å². The summed E-state index contributed by atoms with van der Waals surface area (Å²) in [5.74, 6) is 0. The molecule has 1 nitrogen and oxygen atoms in total. The number of aliphatic hydroxyl groups is 1. The maximum atomic E-state index is 10.1. The van der Waals surface area contributed by atoms with Gasteiger partial charge in [0.05, 0.1) is 6.10 Å². The average molecular weight is 295 g/mol. The zero-order chi connectivity index (χ0) is 13.7. The van der Waals surface area contributed by atoms with Gasteiger partial charge >= 0.3 is 0 Å². The minimum Gasteiger partial charge on any atom is -0.388 e. The van der Waals surface area contributed by atoms with Crippen molar-refractivity contribution in [2.24, 2.45) is 0 Å². The van der Waals surface area contributed by atoms with Crippen LogP contribution >= 0.6 is 23.2 Å². The van der Waals surface area contributed by atoms with Gasteiger partial charge in [-0.3, -0.25) is 0 Å². The molecule has 3 heteroatoms. The van der Waals surface area contributed by atoms with Crippen molar-refractivity contribution in [2.75, 3.05) is 0 Å². The molecule has 0 fully saturated rings. The van der Waals surface area contributed by atoms with Crippen LogP contribution in [0, 0.1) is 0 Å². The molecule has 0 radical (unpaired) electrons. The summed E-state index contributed by atoms with van der Waals surface area (Å²) in [5.41, 5.74) is 1.92. The highest BCUT2D eigenvalue weighted by atomic mass is 35.5. The van der Waals surface area contributed by atoms with Crippen LogP contribution in [0.25, 0.3) is 0 Å². The monoisotopic (exact) mass is 294 g/mol. The molecule has 0 aliphatic rings. The van der Waals surface area contributed by atoms with Gasteiger partial charge in [-0.1, -0.05) is 59.6 Å². The second-order valence-corrected chi connectivity index (χ2v) is 5.33. The Kier molecular flexibility index (Phi) is 5.26. The van der Waals surface area contributed by atoms with Crippen molar-refractivity contribution < 1.29 is 5.11 Å². The Morgan fingerprint density at radius 3 is 2.16 bits per heavy atom. The van der Waals surface area contributed by atoms with Gasteiger partial charge in [0.1, 0.15) is 0 Å². The minimum atomic E-state index is -0.428. The number of rotatable bonds is 5. The number of hydrogen-bond acceptors (Lipinski definition) is 1. The average Bonchev–Trinajstić information content (AvgIpc) is 2.43. The van der Waals surface area contributed by atoms with Gasteiger partial charge in [0, 0.05) is 10.0 Å². The Bertz CT molecular complexity index is 505. The molecule has 0 spiro atoms. The van der Waals surface area contributed by atoms with Crippen LogP contribution in [-0.4, -0.2) is 5.11 Å². The molecule has 0 amide bonds. The summed E-state index contributed by atoms with van der Waals surface area (Å²) < 4.78 is 0. The van der Waals surface area contributed by atoms with Gasteiger partial charge in [0.25, 0.3) is 0 Å². The zero-order valence-corrected chi connectivity index (χ0v) is 12.0. The molecule has 0 aliphatic carbocycles. The maximum Gasteiger partial charge on any atom is 0.0790 e. The molecule has 100 valence electrons. The van der Waals surface area contributed by atoms with E-state index in [9.17, 15) is 5.11 Å². The third kappa shape index (κ3) is 3.97. The number of hydrogen-bond donors (Lipinski definition) is 1. The van der Waals surface area contributed by atoms with Gasteiger partial charge in [0.15, 0.2) is 0 Å². The van der Waals surface area contributed by atoms with E-state index >= 15 is 0 Å². The smallest absolute Gasteiger partial charge is 0.0790 e. The molecular weight excluding hydrogens is 279 g/mol. The third-order valence-corrected chi connectivity index (χ3v) is 3.86. The highest BCUT2D eigenvalue weighted by Gasteiger charge is 2.09. The van der Waals surface area contributed by atoms with E-state index < -0.39 is 6.10 Å². The summed E-state index contributed by atoms with van der Waals surface area (Å²) in [6, 6.07) is 15.2. The van der Waals surface area contributed by atoms with Crippen LogP contribution in [0.1, 0.15) is 30.1 Å². The van der Waals surface area contributed by atoms with Crippen molar-refractivity contribution in [1.29, 1.82) is 0 Å². The van der Waals surface area contributed by atoms with Crippen LogP contribution in [0.15, 0.2) is 48.5 Å². The fourth-order valence-corrected chi connectivity index (χ4v) is 2.67. The SMILES string of the molecule is OC(CCCc1c(Cl)cccc1Cl)c1ccccc1. The van der Waals surface area contributed by atoms with Gasteiger partial charge in [-0.25, -0.2) is 0 Å². The molecule has 0 saturated heterocycles. The quantitative estimate of drug-likeness (QED) is 0.818. The summed E-state index contributed by atoms with van der Waals surface area (Å²) in [4.78, 5) is 0. The van der Waals surface area contributed by atoms with Crippen LogP contribution in [0.3, 0.4) is 0 Å². The minimum absolute atomic E-state index is 0.428. The van der Waals surface area contributed by atoms with E-state index in [4.69, 9.17) is 23.2 Å². The molecule has 1 atom stereocenters. The highest BCUT2D eigenvalue weighted by molar-refractivity contribution is 6.35. The van der Waals surface area contributed by atoms with Crippen molar-refractivity contribution in [3.8, 4) is 0 Å². The second kappa shape index (κ2) is 6.95. The summed E-state index contributed by atoms with van der Waals surface area (Å²) >= 11 is 12.2. The first kappa shape index (κ1) is 14.4. The third-order valence-electron chi connectivity index (χ3n) is 3.15. The molecule has 1 N–H and O–H groups in total. The van der Waals surface area contributed by atoms with E-state index in [1.807, 2.05) is 48.5 Å². The van der Waals surface area contributed by atoms with E-state index in [-0.39, 0.29) is 0 Å². The van der Waals surface area contributed by atoms with Gasteiger partial charge in [-0.15, -0.1) is 0 Å². The standard InChI is InChI=1S/C16H16Cl2O/c17-14-9-5-10-15(18)13(14)8-4-11-16(19)12-6-2-1-3-7-12/h1-3,5-7,9-10,16,19H,4,8,11H2. The molecule has 0 aliphatic heterocycles. The molecule has 0 bridgehead atoms. The lowest BCUT2D eigenvalue weighted by molar-refractivity contribution is 0.164. The van der Waals surface area contributed by atoms with Crippen LogP contribution in [0.5, 0.6) is 0 Å². The van der Waals surface area contributed by atoms with Crippen molar-refractivity contribution in [3.63, 3.8) is 0 Å². The van der Waals surface area contributed by atoms with Crippen molar-refractivity contribution in [3.05, 3.63) is 69.7 Å². The molecule has 1 unspecified atom stereocenters.